The first kappa shape index (κ1) is 15.7. The van der Waals surface area contributed by atoms with Gasteiger partial charge in [0.05, 0.1) is 11.6 Å². The first-order valence-electron chi connectivity index (χ1n) is 6.19. The van der Waals surface area contributed by atoms with E-state index in [1.807, 2.05) is 0 Å². The van der Waals surface area contributed by atoms with E-state index in [9.17, 15) is 8.78 Å². The standard InChI is InChI=1S/C15H14BrF2NO2/c1-19-8-9-5-12(17)15(13(18)6-9)21-14-4-3-10(20-2)7-11(14)16/h3-7,19H,8H2,1-2H3. The molecule has 0 aliphatic carbocycles. The first-order chi connectivity index (χ1) is 10.0. The molecule has 0 aromatic heterocycles. The van der Waals surface area contributed by atoms with Crippen molar-refractivity contribution in [1.82, 2.24) is 5.32 Å². The SMILES string of the molecule is CNCc1cc(F)c(Oc2ccc(OC)cc2Br)c(F)c1. The monoisotopic (exact) mass is 357 g/mol. The van der Waals surface area contributed by atoms with Crippen molar-refractivity contribution in [3.63, 3.8) is 0 Å². The van der Waals surface area contributed by atoms with Gasteiger partial charge in [-0.2, -0.15) is 0 Å². The van der Waals surface area contributed by atoms with Crippen LogP contribution < -0.4 is 14.8 Å². The quantitative estimate of drug-likeness (QED) is 0.867. The molecule has 0 bridgehead atoms. The van der Waals surface area contributed by atoms with Gasteiger partial charge in [0.1, 0.15) is 11.5 Å². The Bertz CT molecular complexity index is 627. The molecule has 0 radical (unpaired) electrons. The Morgan fingerprint density at radius 1 is 1.14 bits per heavy atom. The second-order valence-electron chi connectivity index (χ2n) is 4.32. The number of nitrogens with one attached hydrogen (secondary N) is 1. The molecular weight excluding hydrogens is 344 g/mol. The molecule has 0 heterocycles. The van der Waals surface area contributed by atoms with E-state index in [0.29, 0.717) is 28.1 Å². The van der Waals surface area contributed by atoms with Crippen molar-refractivity contribution in [2.24, 2.45) is 0 Å². The van der Waals surface area contributed by atoms with E-state index in [1.165, 1.54) is 19.2 Å². The molecule has 0 fully saturated rings. The summed E-state index contributed by atoms with van der Waals surface area (Å²) in [5.41, 5.74) is 0.508. The molecule has 0 saturated carbocycles. The van der Waals surface area contributed by atoms with E-state index in [0.717, 1.165) is 0 Å². The van der Waals surface area contributed by atoms with Crippen LogP contribution in [0.1, 0.15) is 5.56 Å². The summed E-state index contributed by atoms with van der Waals surface area (Å²) in [6.45, 7) is 0.375. The molecule has 0 aliphatic rings. The second kappa shape index (κ2) is 6.87. The van der Waals surface area contributed by atoms with Crippen molar-refractivity contribution in [3.8, 4) is 17.2 Å². The molecule has 0 aliphatic heterocycles. The van der Waals surface area contributed by atoms with Gasteiger partial charge >= 0.3 is 0 Å². The number of rotatable bonds is 5. The van der Waals surface area contributed by atoms with Gasteiger partial charge in [0.2, 0.25) is 0 Å². The summed E-state index contributed by atoms with van der Waals surface area (Å²) in [5, 5.41) is 2.83. The van der Waals surface area contributed by atoms with Crippen molar-refractivity contribution in [2.45, 2.75) is 6.54 Å². The van der Waals surface area contributed by atoms with E-state index < -0.39 is 17.4 Å². The average molecular weight is 358 g/mol. The van der Waals surface area contributed by atoms with Crippen LogP contribution in [0.2, 0.25) is 0 Å². The highest BCUT2D eigenvalue weighted by atomic mass is 79.9. The summed E-state index contributed by atoms with van der Waals surface area (Å²) in [7, 11) is 3.23. The summed E-state index contributed by atoms with van der Waals surface area (Å²) in [5.74, 6) is -1.01. The third kappa shape index (κ3) is 3.71. The zero-order valence-corrected chi connectivity index (χ0v) is 13.1. The van der Waals surface area contributed by atoms with Gasteiger partial charge in [-0.3, -0.25) is 0 Å². The second-order valence-corrected chi connectivity index (χ2v) is 5.17. The number of hydrogen-bond acceptors (Lipinski definition) is 3. The maximum absolute atomic E-state index is 14.0. The first-order valence-corrected chi connectivity index (χ1v) is 6.98. The molecular formula is C15H14BrF2NO2. The predicted molar refractivity (Wildman–Crippen MR) is 79.9 cm³/mol. The van der Waals surface area contributed by atoms with E-state index in [-0.39, 0.29) is 0 Å². The topological polar surface area (TPSA) is 30.5 Å². The molecule has 21 heavy (non-hydrogen) atoms. The third-order valence-electron chi connectivity index (χ3n) is 2.79. The van der Waals surface area contributed by atoms with Gasteiger partial charge < -0.3 is 14.8 Å². The summed E-state index contributed by atoms with van der Waals surface area (Å²) >= 11 is 3.27. The molecule has 112 valence electrons. The third-order valence-corrected chi connectivity index (χ3v) is 3.41. The zero-order valence-electron chi connectivity index (χ0n) is 11.5. The van der Waals surface area contributed by atoms with Gasteiger partial charge in [-0.25, -0.2) is 8.78 Å². The average Bonchev–Trinajstić information content (AvgIpc) is 2.44. The van der Waals surface area contributed by atoms with Crippen molar-refractivity contribution in [2.75, 3.05) is 14.2 Å². The summed E-state index contributed by atoms with van der Waals surface area (Å²) in [6.07, 6.45) is 0. The molecule has 0 atom stereocenters. The Balaban J connectivity index is 2.31. The lowest BCUT2D eigenvalue weighted by Crippen LogP contribution is -2.06. The normalized spacial score (nSPS) is 10.5. The lowest BCUT2D eigenvalue weighted by Gasteiger charge is -2.12. The number of halogens is 3. The summed E-state index contributed by atoms with van der Waals surface area (Å²) in [4.78, 5) is 0. The highest BCUT2D eigenvalue weighted by Crippen LogP contribution is 2.35. The maximum atomic E-state index is 14.0. The van der Waals surface area contributed by atoms with Gasteiger partial charge in [0.15, 0.2) is 17.4 Å². The minimum absolute atomic E-state index is 0.301. The number of ether oxygens (including phenoxy) is 2. The van der Waals surface area contributed by atoms with Crippen LogP contribution in [-0.4, -0.2) is 14.2 Å². The van der Waals surface area contributed by atoms with Crippen LogP contribution in [0.25, 0.3) is 0 Å². The molecule has 3 nitrogen and oxygen atoms in total. The van der Waals surface area contributed by atoms with E-state index in [4.69, 9.17) is 9.47 Å². The van der Waals surface area contributed by atoms with Crippen LogP contribution in [0.5, 0.6) is 17.2 Å². The maximum Gasteiger partial charge on any atom is 0.198 e. The van der Waals surface area contributed by atoms with Crippen LogP contribution in [-0.2, 0) is 6.54 Å². The molecule has 0 saturated heterocycles. The fraction of sp³-hybridized carbons (Fsp3) is 0.200. The van der Waals surface area contributed by atoms with Gasteiger partial charge in [-0.15, -0.1) is 0 Å². The highest BCUT2D eigenvalue weighted by molar-refractivity contribution is 9.10. The summed E-state index contributed by atoms with van der Waals surface area (Å²) in [6, 6.07) is 7.35. The minimum Gasteiger partial charge on any atom is -0.497 e. The fourth-order valence-corrected chi connectivity index (χ4v) is 2.26. The number of benzene rings is 2. The van der Waals surface area contributed by atoms with Crippen LogP contribution in [0.3, 0.4) is 0 Å². The lowest BCUT2D eigenvalue weighted by atomic mass is 10.2. The van der Waals surface area contributed by atoms with E-state index >= 15 is 0 Å². The number of methoxy groups -OCH3 is 1. The molecule has 1 N–H and O–H groups in total. The van der Waals surface area contributed by atoms with Crippen molar-refractivity contribution < 1.29 is 18.3 Å². The van der Waals surface area contributed by atoms with Crippen LogP contribution in [0, 0.1) is 11.6 Å². The Morgan fingerprint density at radius 2 is 1.81 bits per heavy atom. The highest BCUT2D eigenvalue weighted by Gasteiger charge is 2.15. The predicted octanol–water partition coefficient (Wildman–Crippen LogP) is 4.25. The lowest BCUT2D eigenvalue weighted by molar-refractivity contribution is 0.398. The summed E-state index contributed by atoms with van der Waals surface area (Å²) < 4.78 is 38.9. The van der Waals surface area contributed by atoms with Crippen molar-refractivity contribution in [3.05, 3.63) is 52.0 Å². The van der Waals surface area contributed by atoms with Gasteiger partial charge in [-0.1, -0.05) is 0 Å². The molecule has 6 heteroatoms. The van der Waals surface area contributed by atoms with Crippen molar-refractivity contribution in [1.29, 1.82) is 0 Å². The Kier molecular flexibility index (Phi) is 5.14. The molecule has 0 amide bonds. The van der Waals surface area contributed by atoms with Gasteiger partial charge in [-0.05, 0) is 58.9 Å². The Morgan fingerprint density at radius 3 is 2.33 bits per heavy atom. The fourth-order valence-electron chi connectivity index (χ4n) is 1.82. The van der Waals surface area contributed by atoms with Gasteiger partial charge in [0.25, 0.3) is 0 Å². The van der Waals surface area contributed by atoms with Crippen molar-refractivity contribution >= 4 is 15.9 Å². The van der Waals surface area contributed by atoms with E-state index in [1.54, 1.807) is 25.2 Å². The van der Waals surface area contributed by atoms with Crippen LogP contribution in [0.15, 0.2) is 34.8 Å². The van der Waals surface area contributed by atoms with E-state index in [2.05, 4.69) is 21.2 Å². The Hall–Kier alpha value is -1.66. The van der Waals surface area contributed by atoms with Gasteiger partial charge in [0, 0.05) is 6.54 Å². The number of hydrogen-bond donors (Lipinski definition) is 1. The molecule has 2 aromatic carbocycles. The zero-order chi connectivity index (χ0) is 15.4. The van der Waals surface area contributed by atoms with Crippen LogP contribution in [0.4, 0.5) is 8.78 Å². The molecule has 0 unspecified atom stereocenters. The molecule has 0 spiro atoms. The largest absolute Gasteiger partial charge is 0.497 e. The smallest absolute Gasteiger partial charge is 0.198 e. The Labute approximate surface area is 130 Å². The van der Waals surface area contributed by atoms with Crippen LogP contribution >= 0.6 is 15.9 Å². The molecule has 2 aromatic rings. The molecule has 2 rings (SSSR count). The minimum atomic E-state index is -0.747.